The van der Waals surface area contributed by atoms with Gasteiger partial charge in [0.1, 0.15) is 0 Å². The highest BCUT2D eigenvalue weighted by Crippen LogP contribution is 2.23. The number of fused-ring (bicyclic) bond motifs is 1. The average molecular weight is 365 g/mol. The number of rotatable bonds is 6. The highest BCUT2D eigenvalue weighted by Gasteiger charge is 2.21. The second-order valence-electron chi connectivity index (χ2n) is 6.98. The lowest BCUT2D eigenvalue weighted by Crippen LogP contribution is -2.18. The number of aromatic nitrogens is 3. The summed E-state index contributed by atoms with van der Waals surface area (Å²) in [6, 6.07) is 9.64. The number of aryl methyl sites for hydroxylation is 1. The monoisotopic (exact) mass is 365 g/mol. The number of hydrogen-bond acceptors (Lipinski definition) is 5. The van der Waals surface area contributed by atoms with Crippen molar-refractivity contribution < 1.29 is 14.3 Å². The van der Waals surface area contributed by atoms with Crippen LogP contribution in [0.4, 0.5) is 0 Å². The van der Waals surface area contributed by atoms with Crippen LogP contribution in [0.1, 0.15) is 34.6 Å². The van der Waals surface area contributed by atoms with Crippen molar-refractivity contribution in [3.63, 3.8) is 0 Å². The summed E-state index contributed by atoms with van der Waals surface area (Å²) in [5.41, 5.74) is 2.72. The summed E-state index contributed by atoms with van der Waals surface area (Å²) in [7, 11) is 0. The second-order valence-corrected chi connectivity index (χ2v) is 6.98. The first-order valence-electron chi connectivity index (χ1n) is 9.28. The molecule has 0 aliphatic carbocycles. The van der Waals surface area contributed by atoms with Crippen LogP contribution in [0.3, 0.4) is 0 Å². The van der Waals surface area contributed by atoms with Crippen LogP contribution in [0.2, 0.25) is 0 Å². The molecular weight excluding hydrogens is 342 g/mol. The van der Waals surface area contributed by atoms with Gasteiger partial charge in [-0.3, -0.25) is 4.79 Å². The van der Waals surface area contributed by atoms with Gasteiger partial charge < -0.3 is 14.0 Å². The molecular formula is C21H23N3O3. The molecule has 1 aromatic carbocycles. The summed E-state index contributed by atoms with van der Waals surface area (Å²) in [6.45, 7) is 5.56. The fourth-order valence-electron chi connectivity index (χ4n) is 3.68. The van der Waals surface area contributed by atoms with Gasteiger partial charge in [-0.05, 0) is 38.8 Å². The predicted octanol–water partition coefficient (Wildman–Crippen LogP) is 3.49. The van der Waals surface area contributed by atoms with E-state index in [1.54, 1.807) is 6.20 Å². The van der Waals surface area contributed by atoms with Gasteiger partial charge in [-0.15, -0.1) is 5.10 Å². The summed E-state index contributed by atoms with van der Waals surface area (Å²) in [6.07, 6.45) is 4.10. The van der Waals surface area contributed by atoms with E-state index < -0.39 is 0 Å². The molecule has 140 valence electrons. The largest absolute Gasteiger partial charge is 0.468 e. The number of carbonyl (C=O) groups is 1. The van der Waals surface area contributed by atoms with Gasteiger partial charge in [0.15, 0.2) is 6.61 Å². The molecule has 1 aliphatic rings. The number of ether oxygens (including phenoxy) is 2. The van der Waals surface area contributed by atoms with Crippen LogP contribution in [0, 0.1) is 13.8 Å². The van der Waals surface area contributed by atoms with Gasteiger partial charge in [-0.2, -0.15) is 5.10 Å². The smallest absolute Gasteiger partial charge is 0.241 e. The van der Waals surface area contributed by atoms with Crippen LogP contribution in [0.15, 0.2) is 36.5 Å². The van der Waals surface area contributed by atoms with E-state index in [0.717, 1.165) is 48.2 Å². The zero-order valence-corrected chi connectivity index (χ0v) is 15.6. The first-order chi connectivity index (χ1) is 13.1. The van der Waals surface area contributed by atoms with Crippen LogP contribution in [0.25, 0.3) is 10.8 Å². The third-order valence-corrected chi connectivity index (χ3v) is 5.16. The van der Waals surface area contributed by atoms with E-state index in [0.29, 0.717) is 11.4 Å². The molecule has 6 nitrogen and oxygen atoms in total. The Bertz CT molecular complexity index is 969. The molecule has 0 bridgehead atoms. The van der Waals surface area contributed by atoms with E-state index in [4.69, 9.17) is 9.47 Å². The van der Waals surface area contributed by atoms with Gasteiger partial charge in [0.25, 0.3) is 0 Å². The molecule has 1 aliphatic heterocycles. The van der Waals surface area contributed by atoms with Crippen molar-refractivity contribution in [1.29, 1.82) is 0 Å². The van der Waals surface area contributed by atoms with Gasteiger partial charge in [0.2, 0.25) is 11.7 Å². The molecule has 0 amide bonds. The molecule has 6 heteroatoms. The van der Waals surface area contributed by atoms with Crippen LogP contribution in [-0.4, -0.2) is 39.9 Å². The molecule has 0 unspecified atom stereocenters. The third kappa shape index (κ3) is 3.57. The molecule has 27 heavy (non-hydrogen) atoms. The lowest BCUT2D eigenvalue weighted by Gasteiger charge is -2.14. The minimum absolute atomic E-state index is 0.0589. The van der Waals surface area contributed by atoms with E-state index in [1.165, 1.54) is 0 Å². The van der Waals surface area contributed by atoms with E-state index in [1.807, 2.05) is 44.2 Å². The van der Waals surface area contributed by atoms with E-state index in [9.17, 15) is 4.79 Å². The van der Waals surface area contributed by atoms with Crippen molar-refractivity contribution in [1.82, 2.24) is 14.8 Å². The van der Waals surface area contributed by atoms with E-state index in [-0.39, 0.29) is 18.5 Å². The first kappa shape index (κ1) is 17.7. The summed E-state index contributed by atoms with van der Waals surface area (Å²) in [5, 5.41) is 9.78. The maximum atomic E-state index is 12.8. The predicted molar refractivity (Wildman–Crippen MR) is 102 cm³/mol. The Labute approximate surface area is 158 Å². The topological polar surface area (TPSA) is 66.2 Å². The Balaban J connectivity index is 1.49. The standard InChI is InChI=1S/C21H23N3O3/c1-14-10-19(15(2)24(14)12-17-7-5-9-26-17)20(25)13-27-21-18-8-4-3-6-16(18)11-22-23-21/h3-4,6,8,10-11,17H,5,7,9,12-13H2,1-2H3/t17-/m0/s1. The number of carbonyl (C=O) groups excluding carboxylic acids is 1. The second kappa shape index (κ2) is 7.48. The number of hydrogen-bond donors (Lipinski definition) is 0. The molecule has 0 radical (unpaired) electrons. The van der Waals surface area contributed by atoms with Crippen LogP contribution in [-0.2, 0) is 11.3 Å². The molecule has 0 N–H and O–H groups in total. The molecule has 4 rings (SSSR count). The molecule has 0 saturated carbocycles. The molecule has 1 fully saturated rings. The lowest BCUT2D eigenvalue weighted by molar-refractivity contribution is 0.0912. The Morgan fingerprint density at radius 3 is 3.00 bits per heavy atom. The van der Waals surface area contributed by atoms with E-state index in [2.05, 4.69) is 14.8 Å². The average Bonchev–Trinajstić information content (AvgIpc) is 3.30. The summed E-state index contributed by atoms with van der Waals surface area (Å²) in [5.74, 6) is 0.325. The van der Waals surface area contributed by atoms with Gasteiger partial charge in [-0.25, -0.2) is 0 Å². The lowest BCUT2D eigenvalue weighted by atomic mass is 10.1. The zero-order valence-electron chi connectivity index (χ0n) is 15.6. The highest BCUT2D eigenvalue weighted by molar-refractivity contribution is 5.99. The summed E-state index contributed by atoms with van der Waals surface area (Å²) >= 11 is 0. The number of Topliss-reactive ketones (excluding diaryl/α,β-unsaturated/α-hetero) is 1. The van der Waals surface area contributed by atoms with E-state index >= 15 is 0 Å². The minimum atomic E-state index is -0.0626. The minimum Gasteiger partial charge on any atom is -0.468 e. The molecule has 2 aromatic heterocycles. The van der Waals surface area contributed by atoms with Crippen molar-refractivity contribution >= 4 is 16.6 Å². The zero-order chi connectivity index (χ0) is 18.8. The van der Waals surface area contributed by atoms with Crippen molar-refractivity contribution in [3.8, 4) is 5.88 Å². The van der Waals surface area contributed by atoms with Crippen LogP contribution < -0.4 is 4.74 Å². The third-order valence-electron chi connectivity index (χ3n) is 5.16. The summed E-state index contributed by atoms with van der Waals surface area (Å²) in [4.78, 5) is 12.8. The van der Waals surface area contributed by atoms with Crippen molar-refractivity contribution in [2.24, 2.45) is 0 Å². The molecule has 1 saturated heterocycles. The fraction of sp³-hybridized carbons (Fsp3) is 0.381. The quantitative estimate of drug-likeness (QED) is 0.626. The molecule has 1 atom stereocenters. The Kier molecular flexibility index (Phi) is 4.90. The van der Waals surface area contributed by atoms with Crippen molar-refractivity contribution in [3.05, 3.63) is 53.5 Å². The summed E-state index contributed by atoms with van der Waals surface area (Å²) < 4.78 is 13.6. The number of ketones is 1. The Morgan fingerprint density at radius 2 is 2.19 bits per heavy atom. The number of benzene rings is 1. The maximum absolute atomic E-state index is 12.8. The van der Waals surface area contributed by atoms with Crippen LogP contribution >= 0.6 is 0 Å². The molecule has 3 heterocycles. The maximum Gasteiger partial charge on any atom is 0.241 e. The Hall–Kier alpha value is -2.73. The SMILES string of the molecule is Cc1cc(C(=O)COc2nncc3ccccc23)c(C)n1C[C@@H]1CCCO1. The molecule has 0 spiro atoms. The van der Waals surface area contributed by atoms with Gasteiger partial charge in [-0.1, -0.05) is 18.2 Å². The molecule has 3 aromatic rings. The van der Waals surface area contributed by atoms with Crippen molar-refractivity contribution in [2.75, 3.05) is 13.2 Å². The Morgan fingerprint density at radius 1 is 1.33 bits per heavy atom. The van der Waals surface area contributed by atoms with Gasteiger partial charge in [0, 0.05) is 40.9 Å². The van der Waals surface area contributed by atoms with Crippen molar-refractivity contribution in [2.45, 2.75) is 39.3 Å². The van der Waals surface area contributed by atoms with Crippen LogP contribution in [0.5, 0.6) is 5.88 Å². The first-order valence-corrected chi connectivity index (χ1v) is 9.28. The normalized spacial score (nSPS) is 16.7. The van der Waals surface area contributed by atoms with Gasteiger partial charge in [0.05, 0.1) is 12.3 Å². The highest BCUT2D eigenvalue weighted by atomic mass is 16.5. The number of nitrogens with zero attached hydrogens (tertiary/aromatic N) is 3. The van der Waals surface area contributed by atoms with Gasteiger partial charge >= 0.3 is 0 Å². The fourth-order valence-corrected chi connectivity index (χ4v) is 3.68.